The maximum Gasteiger partial charge on any atom is 0.265 e. The molecule has 0 aromatic carbocycles. The number of hydrogen-bond acceptors (Lipinski definition) is 3. The number of carbonyl (C=O) groups excluding carboxylic acids is 1. The van der Waals surface area contributed by atoms with Crippen LogP contribution >= 0.6 is 38.9 Å². The number of anilines is 1. The number of aromatic nitrogens is 1. The summed E-state index contributed by atoms with van der Waals surface area (Å²) in [6.45, 7) is 0. The van der Waals surface area contributed by atoms with Crippen molar-refractivity contribution in [3.05, 3.63) is 43.3 Å². The van der Waals surface area contributed by atoms with Gasteiger partial charge in [0.1, 0.15) is 0 Å². The summed E-state index contributed by atoms with van der Waals surface area (Å²) in [5.41, 5.74) is 1.86. The zero-order valence-electron chi connectivity index (χ0n) is 11.3. The van der Waals surface area contributed by atoms with Crippen molar-refractivity contribution < 1.29 is 4.79 Å². The summed E-state index contributed by atoms with van der Waals surface area (Å²) in [5.74, 6) is -0.116. The van der Waals surface area contributed by atoms with Gasteiger partial charge in [-0.3, -0.25) is 4.79 Å². The number of pyridine rings is 1. The second-order valence-corrected chi connectivity index (χ2v) is 7.48. The normalized spacial score (nSPS) is 14.4. The smallest absolute Gasteiger partial charge is 0.265 e. The van der Waals surface area contributed by atoms with Gasteiger partial charge in [0.05, 0.1) is 10.6 Å². The predicted octanol–water partition coefficient (Wildman–Crippen LogP) is 5.08. The molecule has 3 rings (SSSR count). The summed E-state index contributed by atoms with van der Waals surface area (Å²) in [6.07, 6.45) is 7.49. The van der Waals surface area contributed by atoms with Crippen LogP contribution < -0.4 is 5.32 Å². The van der Waals surface area contributed by atoms with Gasteiger partial charge in [-0.2, -0.15) is 0 Å². The molecule has 0 saturated carbocycles. The van der Waals surface area contributed by atoms with E-state index in [2.05, 4.69) is 26.2 Å². The standard InChI is InChI=1S/C15H14BrClN2OS/c16-10-7-11(14(17)18-8-10)19-15(20)13-6-9-4-2-1-3-5-12(9)21-13/h6-8H,1-5H2,(H,19,20). The van der Waals surface area contributed by atoms with Crippen LogP contribution in [0.15, 0.2) is 22.8 Å². The van der Waals surface area contributed by atoms with Gasteiger partial charge in [-0.1, -0.05) is 18.0 Å². The molecule has 0 aliphatic heterocycles. The summed E-state index contributed by atoms with van der Waals surface area (Å²) in [7, 11) is 0. The lowest BCUT2D eigenvalue weighted by molar-refractivity contribution is 0.103. The molecule has 1 aliphatic rings. The fourth-order valence-electron chi connectivity index (χ4n) is 2.47. The van der Waals surface area contributed by atoms with Crippen molar-refractivity contribution >= 4 is 50.5 Å². The Balaban J connectivity index is 1.81. The van der Waals surface area contributed by atoms with Gasteiger partial charge in [0.2, 0.25) is 0 Å². The molecule has 2 aromatic heterocycles. The van der Waals surface area contributed by atoms with Gasteiger partial charge in [-0.25, -0.2) is 4.98 Å². The fourth-order valence-corrected chi connectivity index (χ4v) is 4.10. The molecule has 0 atom stereocenters. The van der Waals surface area contributed by atoms with Crippen LogP contribution in [0.2, 0.25) is 5.15 Å². The average molecular weight is 386 g/mol. The molecule has 0 spiro atoms. The summed E-state index contributed by atoms with van der Waals surface area (Å²) in [5, 5.41) is 3.14. The second-order valence-electron chi connectivity index (χ2n) is 5.07. The maximum atomic E-state index is 12.4. The van der Waals surface area contributed by atoms with Crippen molar-refractivity contribution in [2.75, 3.05) is 5.32 Å². The molecule has 0 unspecified atom stereocenters. The monoisotopic (exact) mass is 384 g/mol. The number of rotatable bonds is 2. The minimum absolute atomic E-state index is 0.116. The molecule has 6 heteroatoms. The topological polar surface area (TPSA) is 42.0 Å². The fraction of sp³-hybridized carbons (Fsp3) is 0.333. The molecule has 1 amide bonds. The van der Waals surface area contributed by atoms with Crippen LogP contribution in [0.25, 0.3) is 0 Å². The van der Waals surface area contributed by atoms with Crippen LogP contribution in [-0.2, 0) is 12.8 Å². The van der Waals surface area contributed by atoms with E-state index in [1.54, 1.807) is 23.6 Å². The van der Waals surface area contributed by atoms with Crippen molar-refractivity contribution in [3.8, 4) is 0 Å². The number of hydrogen-bond donors (Lipinski definition) is 1. The molecule has 0 saturated heterocycles. The van der Waals surface area contributed by atoms with E-state index in [1.807, 2.05) is 6.07 Å². The van der Waals surface area contributed by atoms with E-state index in [1.165, 1.54) is 29.7 Å². The van der Waals surface area contributed by atoms with Gasteiger partial charge in [-0.15, -0.1) is 11.3 Å². The molecule has 1 N–H and O–H groups in total. The van der Waals surface area contributed by atoms with E-state index in [-0.39, 0.29) is 5.91 Å². The van der Waals surface area contributed by atoms with Crippen molar-refractivity contribution in [2.24, 2.45) is 0 Å². The Labute approximate surface area is 140 Å². The quantitative estimate of drug-likeness (QED) is 0.578. The number of carbonyl (C=O) groups is 1. The largest absolute Gasteiger partial charge is 0.319 e. The number of amides is 1. The first-order chi connectivity index (χ1) is 10.1. The van der Waals surface area contributed by atoms with Gasteiger partial charge in [0, 0.05) is 15.5 Å². The van der Waals surface area contributed by atoms with Crippen LogP contribution in [0.5, 0.6) is 0 Å². The number of nitrogens with one attached hydrogen (secondary N) is 1. The summed E-state index contributed by atoms with van der Waals surface area (Å²) >= 11 is 10.9. The summed E-state index contributed by atoms with van der Waals surface area (Å²) < 4.78 is 0.782. The van der Waals surface area contributed by atoms with Crippen LogP contribution in [-0.4, -0.2) is 10.9 Å². The Morgan fingerprint density at radius 1 is 1.29 bits per heavy atom. The van der Waals surface area contributed by atoms with Gasteiger partial charge >= 0.3 is 0 Å². The van der Waals surface area contributed by atoms with Crippen molar-refractivity contribution in [1.82, 2.24) is 4.98 Å². The van der Waals surface area contributed by atoms with E-state index in [0.717, 1.165) is 22.2 Å². The van der Waals surface area contributed by atoms with E-state index < -0.39 is 0 Å². The third-order valence-electron chi connectivity index (χ3n) is 3.52. The molecule has 0 radical (unpaired) electrons. The minimum atomic E-state index is -0.116. The highest BCUT2D eigenvalue weighted by molar-refractivity contribution is 9.10. The molecule has 3 nitrogen and oxygen atoms in total. The van der Waals surface area contributed by atoms with Crippen LogP contribution in [0.4, 0.5) is 5.69 Å². The molecular formula is C15H14BrClN2OS. The van der Waals surface area contributed by atoms with Crippen molar-refractivity contribution in [3.63, 3.8) is 0 Å². The van der Waals surface area contributed by atoms with Crippen molar-refractivity contribution in [2.45, 2.75) is 32.1 Å². The lowest BCUT2D eigenvalue weighted by Crippen LogP contribution is -2.11. The average Bonchev–Trinajstić information content (AvgIpc) is 2.74. The highest BCUT2D eigenvalue weighted by Gasteiger charge is 2.17. The maximum absolute atomic E-state index is 12.4. The number of fused-ring (bicyclic) bond motifs is 1. The minimum Gasteiger partial charge on any atom is -0.319 e. The number of halogens is 2. The predicted molar refractivity (Wildman–Crippen MR) is 90.5 cm³/mol. The Kier molecular flexibility index (Phi) is 4.62. The third kappa shape index (κ3) is 3.47. The number of nitrogens with zero attached hydrogens (tertiary/aromatic N) is 1. The second kappa shape index (κ2) is 6.46. The molecule has 2 aromatic rings. The molecule has 2 heterocycles. The molecule has 110 valence electrons. The number of aryl methyl sites for hydroxylation is 2. The van der Waals surface area contributed by atoms with Crippen LogP contribution in [0.1, 0.15) is 39.4 Å². The zero-order chi connectivity index (χ0) is 14.8. The van der Waals surface area contributed by atoms with Gasteiger partial charge in [0.25, 0.3) is 5.91 Å². The lowest BCUT2D eigenvalue weighted by atomic mass is 10.1. The Hall–Kier alpha value is -0.910. The Morgan fingerprint density at radius 2 is 2.10 bits per heavy atom. The zero-order valence-corrected chi connectivity index (χ0v) is 14.4. The van der Waals surface area contributed by atoms with Gasteiger partial charge in [-0.05, 0) is 59.3 Å². The Bertz CT molecular complexity index is 663. The molecule has 0 bridgehead atoms. The van der Waals surface area contributed by atoms with E-state index in [9.17, 15) is 4.79 Å². The molecular weight excluding hydrogens is 372 g/mol. The SMILES string of the molecule is O=C(Nc1cc(Br)cnc1Cl)c1cc2c(s1)CCCCC2. The molecule has 0 fully saturated rings. The van der Waals surface area contributed by atoms with Crippen molar-refractivity contribution in [1.29, 1.82) is 0 Å². The molecule has 1 aliphatic carbocycles. The highest BCUT2D eigenvalue weighted by atomic mass is 79.9. The van der Waals surface area contributed by atoms with Gasteiger partial charge < -0.3 is 5.32 Å². The van der Waals surface area contributed by atoms with E-state index >= 15 is 0 Å². The highest BCUT2D eigenvalue weighted by Crippen LogP contribution is 2.30. The third-order valence-corrected chi connectivity index (χ3v) is 5.50. The molecule has 21 heavy (non-hydrogen) atoms. The first kappa shape index (κ1) is 15.0. The first-order valence-electron chi connectivity index (χ1n) is 6.87. The lowest BCUT2D eigenvalue weighted by Gasteiger charge is -2.05. The summed E-state index contributed by atoms with van der Waals surface area (Å²) in [6, 6.07) is 3.78. The Morgan fingerprint density at radius 3 is 2.95 bits per heavy atom. The summed E-state index contributed by atoms with van der Waals surface area (Å²) in [4.78, 5) is 18.5. The van der Waals surface area contributed by atoms with E-state index in [4.69, 9.17) is 11.6 Å². The van der Waals surface area contributed by atoms with Crippen LogP contribution in [0.3, 0.4) is 0 Å². The van der Waals surface area contributed by atoms with E-state index in [0.29, 0.717) is 10.8 Å². The van der Waals surface area contributed by atoms with Gasteiger partial charge in [0.15, 0.2) is 5.15 Å². The first-order valence-corrected chi connectivity index (χ1v) is 8.86. The number of thiophene rings is 1. The van der Waals surface area contributed by atoms with Crippen LogP contribution in [0, 0.1) is 0 Å².